The lowest BCUT2D eigenvalue weighted by atomic mass is 10.1. The van der Waals surface area contributed by atoms with Crippen LogP contribution in [0.5, 0.6) is 5.75 Å². The number of azo groups is 1. The molecule has 0 spiro atoms. The van der Waals surface area contributed by atoms with Gasteiger partial charge in [0.25, 0.3) is 0 Å². The van der Waals surface area contributed by atoms with Crippen LogP contribution >= 0.6 is 12.0 Å². The van der Waals surface area contributed by atoms with Gasteiger partial charge in [0.2, 0.25) is 0 Å². The fourth-order valence-corrected chi connectivity index (χ4v) is 3.40. The molecular weight excluding hydrogens is 364 g/mol. The van der Waals surface area contributed by atoms with Crippen molar-refractivity contribution in [1.82, 2.24) is 0 Å². The second kappa shape index (κ2) is 7.73. The Morgan fingerprint density at radius 3 is 2.30 bits per heavy atom. The highest BCUT2D eigenvalue weighted by molar-refractivity contribution is 7.94. The van der Waals surface area contributed by atoms with Crippen molar-refractivity contribution in [3.05, 3.63) is 72.8 Å². The normalized spacial score (nSPS) is 11.6. The molecule has 0 aliphatic carbocycles. The first-order valence-corrected chi connectivity index (χ1v) is 8.81. The van der Waals surface area contributed by atoms with Gasteiger partial charge in [-0.3, -0.25) is 0 Å². The Bertz CT molecular complexity index is 1140. The maximum absolute atomic E-state index is 10.7. The molecule has 4 aromatic rings. The lowest BCUT2D eigenvalue weighted by Gasteiger charge is -2.09. The molecule has 4 rings (SSSR count). The number of hydrogen-bond donors (Lipinski definition) is 2. The molecule has 0 saturated heterocycles. The topological polar surface area (TPSA) is 83.6 Å². The van der Waals surface area contributed by atoms with Gasteiger partial charge >= 0.3 is 0 Å². The summed E-state index contributed by atoms with van der Waals surface area (Å²) in [6, 6.07) is 22.7. The SMILES string of the molecule is OOOSc1cc2ccccc2c(O)c1N=Nc1cccc2ccccc12. The minimum absolute atomic E-state index is 0.0267. The summed E-state index contributed by atoms with van der Waals surface area (Å²) < 4.78 is 4.55. The number of benzene rings is 4. The predicted octanol–water partition coefficient (Wildman–Crippen LogP) is 6.54. The van der Waals surface area contributed by atoms with Crippen molar-refractivity contribution in [2.45, 2.75) is 4.90 Å². The van der Waals surface area contributed by atoms with E-state index in [9.17, 15) is 5.11 Å². The Morgan fingerprint density at radius 2 is 1.48 bits per heavy atom. The van der Waals surface area contributed by atoms with Crippen LogP contribution in [0.3, 0.4) is 0 Å². The van der Waals surface area contributed by atoms with E-state index >= 15 is 0 Å². The van der Waals surface area contributed by atoms with Crippen LogP contribution in [0, 0.1) is 0 Å². The maximum Gasteiger partial charge on any atom is 0.152 e. The first-order chi connectivity index (χ1) is 13.3. The van der Waals surface area contributed by atoms with Crippen molar-refractivity contribution in [3.8, 4) is 5.75 Å². The lowest BCUT2D eigenvalue weighted by molar-refractivity contribution is -0.432. The maximum atomic E-state index is 10.7. The zero-order valence-electron chi connectivity index (χ0n) is 13.9. The molecule has 0 amide bonds. The first kappa shape index (κ1) is 17.4. The largest absolute Gasteiger partial charge is 0.505 e. The highest BCUT2D eigenvalue weighted by Crippen LogP contribution is 2.44. The van der Waals surface area contributed by atoms with Crippen LogP contribution < -0.4 is 0 Å². The summed E-state index contributed by atoms with van der Waals surface area (Å²) in [4.78, 5) is 0.448. The highest BCUT2D eigenvalue weighted by atomic mass is 32.2. The highest BCUT2D eigenvalue weighted by Gasteiger charge is 2.14. The second-order valence-corrected chi connectivity index (χ2v) is 6.46. The molecule has 0 aliphatic rings. The molecule has 0 saturated carbocycles. The summed E-state index contributed by atoms with van der Waals surface area (Å²) in [7, 11) is 0. The van der Waals surface area contributed by atoms with Crippen LogP contribution in [0.1, 0.15) is 0 Å². The van der Waals surface area contributed by atoms with Crippen LogP contribution in [0.4, 0.5) is 11.4 Å². The van der Waals surface area contributed by atoms with E-state index < -0.39 is 0 Å². The number of phenolic OH excluding ortho intramolecular Hbond substituents is 1. The van der Waals surface area contributed by atoms with Crippen molar-refractivity contribution >= 4 is 45.0 Å². The number of fused-ring (bicyclic) bond motifs is 2. The van der Waals surface area contributed by atoms with Crippen molar-refractivity contribution in [2.24, 2.45) is 10.2 Å². The molecule has 0 fully saturated rings. The molecule has 0 bridgehead atoms. The summed E-state index contributed by atoms with van der Waals surface area (Å²) in [5.74, 6) is -0.0267. The van der Waals surface area contributed by atoms with Crippen molar-refractivity contribution in [2.75, 3.05) is 0 Å². The molecule has 0 heterocycles. The zero-order valence-corrected chi connectivity index (χ0v) is 14.8. The quantitative estimate of drug-likeness (QED) is 0.178. The van der Waals surface area contributed by atoms with E-state index in [0.717, 1.165) is 28.2 Å². The molecule has 2 N–H and O–H groups in total. The van der Waals surface area contributed by atoms with E-state index in [2.05, 4.69) is 19.6 Å². The number of nitrogens with zero attached hydrogens (tertiary/aromatic N) is 2. The van der Waals surface area contributed by atoms with E-state index in [1.807, 2.05) is 60.7 Å². The fraction of sp³-hybridized carbons (Fsp3) is 0. The number of hydrogen-bond acceptors (Lipinski definition) is 7. The molecule has 0 atom stereocenters. The van der Waals surface area contributed by atoms with Gasteiger partial charge in [0.05, 0.1) is 22.6 Å². The van der Waals surface area contributed by atoms with Crippen LogP contribution in [0.25, 0.3) is 21.5 Å². The van der Waals surface area contributed by atoms with E-state index in [1.165, 1.54) is 0 Å². The zero-order chi connectivity index (χ0) is 18.6. The van der Waals surface area contributed by atoms with Crippen molar-refractivity contribution < 1.29 is 19.7 Å². The van der Waals surface area contributed by atoms with Crippen molar-refractivity contribution in [1.29, 1.82) is 0 Å². The van der Waals surface area contributed by atoms with E-state index in [1.54, 1.807) is 12.1 Å². The monoisotopic (exact) mass is 378 g/mol. The summed E-state index contributed by atoms with van der Waals surface area (Å²) in [6.45, 7) is 0. The average Bonchev–Trinajstić information content (AvgIpc) is 2.72. The predicted molar refractivity (Wildman–Crippen MR) is 104 cm³/mol. The van der Waals surface area contributed by atoms with Gasteiger partial charge in [-0.05, 0) is 22.9 Å². The molecule has 0 aromatic heterocycles. The molecule has 4 aromatic carbocycles. The smallest absolute Gasteiger partial charge is 0.152 e. The van der Waals surface area contributed by atoms with Crippen LogP contribution in [0.15, 0.2) is 87.9 Å². The van der Waals surface area contributed by atoms with Crippen LogP contribution in [0.2, 0.25) is 0 Å². The number of phenols is 1. The van der Waals surface area contributed by atoms with Gasteiger partial charge in [-0.25, -0.2) is 5.26 Å². The third-order valence-corrected chi connectivity index (χ3v) is 4.76. The van der Waals surface area contributed by atoms with Gasteiger partial charge in [0, 0.05) is 10.8 Å². The molecule has 0 aliphatic heterocycles. The minimum atomic E-state index is -0.0267. The Hall–Kier alpha value is -2.97. The molecule has 6 nitrogen and oxygen atoms in total. The summed E-state index contributed by atoms with van der Waals surface area (Å²) in [6.07, 6.45) is 0. The third kappa shape index (κ3) is 3.49. The molecule has 7 heteroatoms. The van der Waals surface area contributed by atoms with Crippen LogP contribution in [-0.4, -0.2) is 10.4 Å². The van der Waals surface area contributed by atoms with Gasteiger partial charge in [-0.2, -0.15) is 0 Å². The summed E-state index contributed by atoms with van der Waals surface area (Å²) in [5.41, 5.74) is 0.902. The van der Waals surface area contributed by atoms with Gasteiger partial charge in [-0.15, -0.1) is 14.6 Å². The van der Waals surface area contributed by atoms with E-state index in [0.29, 0.717) is 16.0 Å². The molecular formula is C20H14N2O4S. The number of rotatable bonds is 5. The third-order valence-electron chi connectivity index (χ3n) is 4.14. The molecule has 27 heavy (non-hydrogen) atoms. The first-order valence-electron chi connectivity index (χ1n) is 8.07. The Balaban J connectivity index is 1.84. The molecule has 0 radical (unpaired) electrons. The van der Waals surface area contributed by atoms with Crippen molar-refractivity contribution in [3.63, 3.8) is 0 Å². The standard InChI is InChI=1S/C20H14N2O4S/c23-20-16-10-4-2-7-14(16)12-18(27-26-25-24)19(20)22-21-17-11-5-8-13-6-1-3-9-15(13)17/h1-12,23-24H. The van der Waals surface area contributed by atoms with E-state index in [4.69, 9.17) is 5.26 Å². The molecule has 134 valence electrons. The van der Waals surface area contributed by atoms with Crippen LogP contribution in [-0.2, 0) is 9.37 Å². The van der Waals surface area contributed by atoms with Gasteiger partial charge < -0.3 is 5.11 Å². The lowest BCUT2D eigenvalue weighted by Crippen LogP contribution is -1.83. The Morgan fingerprint density at radius 1 is 0.778 bits per heavy atom. The van der Waals surface area contributed by atoms with Gasteiger partial charge in [0.15, 0.2) is 5.75 Å². The van der Waals surface area contributed by atoms with Gasteiger partial charge in [-0.1, -0.05) is 65.7 Å². The second-order valence-electron chi connectivity index (χ2n) is 5.72. The summed E-state index contributed by atoms with van der Waals surface area (Å²) >= 11 is 0.729. The minimum Gasteiger partial charge on any atom is -0.505 e. The Kier molecular flexibility index (Phi) is 4.99. The summed E-state index contributed by atoms with van der Waals surface area (Å²) in [5, 5.41) is 34.9. The van der Waals surface area contributed by atoms with Gasteiger partial charge in [0.1, 0.15) is 5.69 Å². The Labute approximate surface area is 158 Å². The number of aromatic hydroxyl groups is 1. The van der Waals surface area contributed by atoms with E-state index in [-0.39, 0.29) is 11.4 Å². The molecule has 0 unspecified atom stereocenters. The fourth-order valence-electron chi connectivity index (χ4n) is 2.90. The average molecular weight is 378 g/mol.